The molecule has 27 nitrogen and oxygen atoms in total. The van der Waals surface area contributed by atoms with Crippen molar-refractivity contribution in [2.24, 2.45) is 40.9 Å². The van der Waals surface area contributed by atoms with Gasteiger partial charge in [-0.25, -0.2) is 0 Å². The lowest BCUT2D eigenvalue weighted by atomic mass is 10.1. The van der Waals surface area contributed by atoms with Gasteiger partial charge in [-0.2, -0.15) is 67.7 Å². The van der Waals surface area contributed by atoms with E-state index in [1.165, 1.54) is 42.5 Å². The van der Waals surface area contributed by atoms with Crippen LogP contribution in [0.15, 0.2) is 158 Å². The molecule has 0 radical (unpaired) electrons. The summed E-state index contributed by atoms with van der Waals surface area (Å²) >= 11 is 0. The van der Waals surface area contributed by atoms with Crippen LogP contribution < -0.4 is 15.8 Å². The molecule has 0 aliphatic carbocycles. The van der Waals surface area contributed by atoms with Crippen molar-refractivity contribution >= 4 is 124 Å². The average Bonchev–Trinajstić information content (AvgIpc) is 3.42. The third kappa shape index (κ3) is 14.6. The van der Waals surface area contributed by atoms with Crippen LogP contribution in [0.2, 0.25) is 0 Å². The van der Waals surface area contributed by atoms with Gasteiger partial charge in [0.05, 0.1) is 51.4 Å². The van der Waals surface area contributed by atoms with E-state index >= 15 is 0 Å². The van der Waals surface area contributed by atoms with E-state index in [9.17, 15) is 70.0 Å². The fraction of sp³-hybridized carbons (Fsp3) is 0.167. The van der Waals surface area contributed by atoms with Crippen molar-refractivity contribution in [3.8, 4) is 11.5 Å². The molecule has 0 bridgehead atoms. The molecule has 0 heterocycles. The zero-order valence-electron chi connectivity index (χ0n) is 42.2. The number of aromatic hydroxyl groups is 1. The predicted molar refractivity (Wildman–Crippen MR) is 292 cm³/mol. The first-order valence-corrected chi connectivity index (χ1v) is 30.2. The second kappa shape index (κ2) is 23.0. The number of hydrogen-bond acceptors (Lipinski definition) is 22. The number of nitrogens with one attached hydrogen (secondary N) is 1. The highest BCUT2D eigenvalue weighted by molar-refractivity contribution is 7.87. The first-order valence-electron chi connectivity index (χ1n) is 22.8. The summed E-state index contributed by atoms with van der Waals surface area (Å²) in [4.78, 5) is -3.12. The minimum Gasteiger partial charge on any atom is -0.505 e. The summed E-state index contributed by atoms with van der Waals surface area (Å²) in [5.74, 6) is -1.26. The Morgan fingerprint density at radius 1 is 0.463 bits per heavy atom. The summed E-state index contributed by atoms with van der Waals surface area (Å²) in [6.07, 6.45) is -0.148. The van der Waals surface area contributed by atoms with Crippen molar-refractivity contribution in [1.82, 2.24) is 0 Å². The maximum Gasteiger partial charge on any atom is 0.296 e. The Morgan fingerprint density at radius 3 is 1.41 bits per heavy atom. The van der Waals surface area contributed by atoms with Gasteiger partial charge in [-0.05, 0) is 165 Å². The highest BCUT2D eigenvalue weighted by atomic mass is 32.2. The lowest BCUT2D eigenvalue weighted by Gasteiger charge is -2.12. The van der Waals surface area contributed by atoms with E-state index in [-0.39, 0.29) is 58.0 Å². The molecule has 32 heteroatoms. The quantitative estimate of drug-likeness (QED) is 0.0161. The van der Waals surface area contributed by atoms with Crippen LogP contribution in [-0.4, -0.2) is 82.3 Å². The third-order valence-electron chi connectivity index (χ3n) is 11.6. The van der Waals surface area contributed by atoms with Crippen LogP contribution in [0.5, 0.6) is 11.5 Å². The Bertz CT molecular complexity index is 4400. The van der Waals surface area contributed by atoms with E-state index in [2.05, 4.69) is 46.2 Å². The number of ether oxygens (including phenoxy) is 1. The maximum atomic E-state index is 12.7. The van der Waals surface area contributed by atoms with Gasteiger partial charge < -0.3 is 20.9 Å². The summed E-state index contributed by atoms with van der Waals surface area (Å²) in [7, 11) is -23.9. The van der Waals surface area contributed by atoms with Crippen LogP contribution >= 0.6 is 0 Å². The Morgan fingerprint density at radius 2 is 0.912 bits per heavy atom. The summed E-state index contributed by atoms with van der Waals surface area (Å²) in [5, 5.41) is 48.3. The second-order valence-corrected chi connectivity index (χ2v) is 24.8. The van der Waals surface area contributed by atoms with E-state index in [1.807, 2.05) is 0 Å². The van der Waals surface area contributed by atoms with Crippen molar-refractivity contribution in [1.29, 1.82) is 0 Å². The molecule has 0 amide bonds. The highest BCUT2D eigenvalue weighted by Crippen LogP contribution is 2.44. The lowest BCUT2D eigenvalue weighted by Crippen LogP contribution is -2.08. The van der Waals surface area contributed by atoms with Crippen LogP contribution in [0.4, 0.5) is 62.6 Å². The van der Waals surface area contributed by atoms with Gasteiger partial charge in [0, 0.05) is 22.8 Å². The van der Waals surface area contributed by atoms with Crippen molar-refractivity contribution in [3.63, 3.8) is 0 Å². The minimum atomic E-state index is -5.07. The molecular formula is C48H46N10O17S5. The molecule has 0 unspecified atom stereocenters. The molecule has 80 heavy (non-hydrogen) atoms. The molecule has 420 valence electrons. The Hall–Kier alpha value is -8.05. The average molecular weight is 1200 g/mol. The number of aryl methyl sites for hydroxylation is 5. The van der Waals surface area contributed by atoms with Gasteiger partial charge in [-0.1, -0.05) is 0 Å². The standard InChI is InChI=1S/C48H46N10O17S5/c1-25-16-39(54-57-42-19-29(5)41(24-43(42)75-13-6-14-76(60,61)62)55-51-36-12-9-33(77(63,64)65)23-45(36)79(69,70)71)26(2)15-37(25)52-53-38-17-28(4)40(18-27(38)3)56-58-47-46(80(72,73)74)21-30-20-31(7-10-34(30)48(47)59)50-32-8-11-35(49)44(22-32)78(66,67)68/h7-12,15-24,50,59H,6,13-14,49H2,1-5H3,(H,60,61,62)(H,63,64,65)(H,66,67,68)(H,69,70,71)(H,72,73,74). The number of fused-ring (bicyclic) bond motifs is 1. The molecular weight excluding hydrogens is 1150 g/mol. The number of benzene rings is 7. The van der Waals surface area contributed by atoms with Crippen LogP contribution in [-0.2, 0) is 50.6 Å². The van der Waals surface area contributed by atoms with Gasteiger partial charge in [0.25, 0.3) is 50.6 Å². The first kappa shape index (κ1) is 59.6. The number of phenolic OH excluding ortho intramolecular Hbond substituents is 1. The van der Waals surface area contributed by atoms with Gasteiger partial charge in [-0.3, -0.25) is 22.8 Å². The van der Waals surface area contributed by atoms with Crippen LogP contribution in [0, 0.1) is 34.6 Å². The molecule has 7 aromatic carbocycles. The molecule has 9 N–H and O–H groups in total. The molecule has 7 rings (SSSR count). The van der Waals surface area contributed by atoms with E-state index in [1.54, 1.807) is 58.9 Å². The number of azo groups is 4. The zero-order chi connectivity index (χ0) is 58.9. The minimum absolute atomic E-state index is 0.00223. The number of hydrogen-bond donors (Lipinski definition) is 8. The Labute approximate surface area is 457 Å². The largest absolute Gasteiger partial charge is 0.505 e. The van der Waals surface area contributed by atoms with Crippen molar-refractivity contribution in [2.45, 2.75) is 60.6 Å². The van der Waals surface area contributed by atoms with Gasteiger partial charge in [0.15, 0.2) is 5.75 Å². The molecule has 0 saturated carbocycles. The molecule has 0 fully saturated rings. The summed E-state index contributed by atoms with van der Waals surface area (Å²) in [6.45, 7) is 8.20. The third-order valence-corrected chi connectivity index (χ3v) is 15.9. The summed E-state index contributed by atoms with van der Waals surface area (Å²) in [6, 6.07) is 20.8. The predicted octanol–water partition coefficient (Wildman–Crippen LogP) is 11.7. The van der Waals surface area contributed by atoms with Crippen molar-refractivity contribution in [3.05, 3.63) is 125 Å². The van der Waals surface area contributed by atoms with Gasteiger partial charge in [0.2, 0.25) is 0 Å². The molecule has 0 atom stereocenters. The second-order valence-electron chi connectivity index (χ2n) is 17.7. The number of nitrogens with two attached hydrogens (primary N) is 1. The van der Waals surface area contributed by atoms with Crippen LogP contribution in [0.25, 0.3) is 10.8 Å². The van der Waals surface area contributed by atoms with Crippen molar-refractivity contribution < 1.29 is 74.7 Å². The van der Waals surface area contributed by atoms with E-state index in [0.29, 0.717) is 56.6 Å². The van der Waals surface area contributed by atoms with Crippen molar-refractivity contribution in [2.75, 3.05) is 23.4 Å². The fourth-order valence-electron chi connectivity index (χ4n) is 7.49. The van der Waals surface area contributed by atoms with Crippen LogP contribution in [0.1, 0.15) is 34.2 Å². The van der Waals surface area contributed by atoms with E-state index in [0.717, 1.165) is 24.3 Å². The van der Waals surface area contributed by atoms with Gasteiger partial charge in [-0.15, -0.1) is 15.3 Å². The van der Waals surface area contributed by atoms with E-state index < -0.39 is 93.0 Å². The zero-order valence-corrected chi connectivity index (χ0v) is 46.3. The van der Waals surface area contributed by atoms with Crippen LogP contribution in [0.3, 0.4) is 0 Å². The number of phenols is 1. The van der Waals surface area contributed by atoms with Gasteiger partial charge >= 0.3 is 0 Å². The number of rotatable bonds is 19. The summed E-state index contributed by atoms with van der Waals surface area (Å²) in [5.41, 5.74) is 9.27. The molecule has 0 aromatic heterocycles. The topological polar surface area (TPSA) is 438 Å². The monoisotopic (exact) mass is 1190 g/mol. The number of nitrogen functional groups attached to an aromatic ring is 1. The first-order chi connectivity index (χ1) is 37.2. The molecule has 0 saturated heterocycles. The Balaban J connectivity index is 1.12. The smallest absolute Gasteiger partial charge is 0.296 e. The maximum absolute atomic E-state index is 12.7. The fourth-order valence-corrected chi connectivity index (χ4v) is 10.5. The SMILES string of the molecule is Cc1cc(N=Nc2cc(C)c(N=Nc3ccc(S(=O)(=O)O)cc3S(=O)(=O)O)cc2OCCCS(=O)(=O)O)c(C)cc1N=Nc1cc(C)c(N=Nc2c(S(=O)(=O)O)cc3cc(Nc4ccc(N)c(S(=O)(=O)O)c4)ccc3c2O)cc1C. The molecule has 0 aliphatic rings. The van der Waals surface area contributed by atoms with E-state index in [4.69, 9.17) is 10.5 Å². The summed E-state index contributed by atoms with van der Waals surface area (Å²) < 4.78 is 173. The number of anilines is 3. The highest BCUT2D eigenvalue weighted by Gasteiger charge is 2.24. The van der Waals surface area contributed by atoms with Gasteiger partial charge in [0.1, 0.15) is 37.5 Å². The normalized spacial score (nSPS) is 12.9. The lowest BCUT2D eigenvalue weighted by molar-refractivity contribution is 0.317. The number of nitrogens with zero attached hydrogens (tertiary/aromatic N) is 8. The molecule has 0 aliphatic heterocycles. The molecule has 0 spiro atoms. The Kier molecular flexibility index (Phi) is 17.1. The molecule has 7 aromatic rings.